The van der Waals surface area contributed by atoms with E-state index in [0.717, 1.165) is 12.0 Å². The van der Waals surface area contributed by atoms with E-state index in [1.165, 1.54) is 0 Å². The quantitative estimate of drug-likeness (QED) is 0.616. The van der Waals surface area contributed by atoms with E-state index >= 15 is 0 Å². The highest BCUT2D eigenvalue weighted by Gasteiger charge is 2.31. The maximum atomic E-state index is 12.3. The number of rotatable bonds is 5. The van der Waals surface area contributed by atoms with E-state index < -0.39 is 6.10 Å². The maximum absolute atomic E-state index is 12.3. The summed E-state index contributed by atoms with van der Waals surface area (Å²) in [5.74, 6) is 0.614. The second-order valence-electron chi connectivity index (χ2n) is 5.50. The van der Waals surface area contributed by atoms with Crippen molar-refractivity contribution in [2.24, 2.45) is 0 Å². The molecule has 21 heavy (non-hydrogen) atoms. The second kappa shape index (κ2) is 6.12. The molecule has 0 fully saturated rings. The van der Waals surface area contributed by atoms with Crippen molar-refractivity contribution < 1.29 is 14.3 Å². The van der Waals surface area contributed by atoms with Crippen molar-refractivity contribution in [2.75, 3.05) is 11.4 Å². The fraction of sp³-hybridized carbons (Fsp3) is 0.412. The lowest BCUT2D eigenvalue weighted by molar-refractivity contribution is -0.125. The summed E-state index contributed by atoms with van der Waals surface area (Å²) in [4.78, 5) is 26.0. The predicted molar refractivity (Wildman–Crippen MR) is 82.9 cm³/mol. The molecule has 0 saturated heterocycles. The van der Waals surface area contributed by atoms with E-state index in [1.807, 2.05) is 13.8 Å². The number of anilines is 1. The highest BCUT2D eigenvalue weighted by molar-refractivity contribution is 6.03. The van der Waals surface area contributed by atoms with Crippen LogP contribution in [0.5, 0.6) is 5.75 Å². The lowest BCUT2D eigenvalue weighted by Gasteiger charge is -2.33. The number of hydrogen-bond acceptors (Lipinski definition) is 3. The Labute approximate surface area is 125 Å². The standard InChI is InChI=1S/C17H21NO3/c1-5-6-15(19)13-7-8-16-14(9-13)18(10-11(2)3)17(20)12(4)21-16/h7-9,12H,2,5-6,10H2,1,3-4H3. The second-order valence-corrected chi connectivity index (χ2v) is 5.50. The molecule has 1 aliphatic heterocycles. The normalized spacial score (nSPS) is 17.2. The van der Waals surface area contributed by atoms with Gasteiger partial charge in [0, 0.05) is 18.5 Å². The van der Waals surface area contributed by atoms with Gasteiger partial charge in [-0.25, -0.2) is 0 Å². The summed E-state index contributed by atoms with van der Waals surface area (Å²) in [5.41, 5.74) is 2.16. The van der Waals surface area contributed by atoms with Gasteiger partial charge in [0.1, 0.15) is 5.75 Å². The van der Waals surface area contributed by atoms with Gasteiger partial charge in [0.15, 0.2) is 11.9 Å². The predicted octanol–water partition coefficient (Wildman–Crippen LogP) is 3.36. The molecule has 1 unspecified atom stereocenters. The van der Waals surface area contributed by atoms with Crippen LogP contribution in [0.3, 0.4) is 0 Å². The average molecular weight is 287 g/mol. The summed E-state index contributed by atoms with van der Waals surface area (Å²) in [6.45, 7) is 9.88. The van der Waals surface area contributed by atoms with Crippen molar-refractivity contribution in [3.05, 3.63) is 35.9 Å². The fourth-order valence-corrected chi connectivity index (χ4v) is 2.38. The molecule has 1 amide bonds. The van der Waals surface area contributed by atoms with Crippen LogP contribution in [0.1, 0.15) is 44.0 Å². The molecule has 1 heterocycles. The van der Waals surface area contributed by atoms with Gasteiger partial charge in [-0.2, -0.15) is 0 Å². The van der Waals surface area contributed by atoms with E-state index in [0.29, 0.717) is 30.0 Å². The number of ketones is 1. The first kappa shape index (κ1) is 15.3. The molecule has 1 aliphatic rings. The average Bonchev–Trinajstić information content (AvgIpc) is 2.43. The Bertz CT molecular complexity index is 592. The highest BCUT2D eigenvalue weighted by atomic mass is 16.5. The zero-order chi connectivity index (χ0) is 15.6. The van der Waals surface area contributed by atoms with Crippen LogP contribution in [0.25, 0.3) is 0 Å². The number of carbonyl (C=O) groups excluding carboxylic acids is 2. The lowest BCUT2D eigenvalue weighted by atomic mass is 10.0. The first-order chi connectivity index (χ1) is 9.93. The van der Waals surface area contributed by atoms with Crippen molar-refractivity contribution in [3.63, 3.8) is 0 Å². The summed E-state index contributed by atoms with van der Waals surface area (Å²) in [7, 11) is 0. The minimum absolute atomic E-state index is 0.0849. The first-order valence-electron chi connectivity index (χ1n) is 7.23. The molecule has 0 aromatic heterocycles. The molecule has 112 valence electrons. The van der Waals surface area contributed by atoms with E-state index in [9.17, 15) is 9.59 Å². The maximum Gasteiger partial charge on any atom is 0.268 e. The molecule has 0 radical (unpaired) electrons. The number of carbonyl (C=O) groups is 2. The fourth-order valence-electron chi connectivity index (χ4n) is 2.38. The Hall–Kier alpha value is -2.10. The summed E-state index contributed by atoms with van der Waals surface area (Å²) < 4.78 is 5.62. The van der Waals surface area contributed by atoms with Crippen LogP contribution in [-0.4, -0.2) is 24.3 Å². The number of ether oxygens (including phenoxy) is 1. The van der Waals surface area contributed by atoms with E-state index in [4.69, 9.17) is 4.74 Å². The summed E-state index contributed by atoms with van der Waals surface area (Å²) >= 11 is 0. The Balaban J connectivity index is 2.42. The number of amides is 1. The molecule has 0 saturated carbocycles. The van der Waals surface area contributed by atoms with Crippen LogP contribution in [0.2, 0.25) is 0 Å². The van der Waals surface area contributed by atoms with Crippen LogP contribution in [0, 0.1) is 0 Å². The SMILES string of the molecule is C=C(C)CN1C(=O)C(C)Oc2ccc(C(=O)CCC)cc21. The third kappa shape index (κ3) is 3.15. The monoisotopic (exact) mass is 287 g/mol. The lowest BCUT2D eigenvalue weighted by Crippen LogP contribution is -2.45. The van der Waals surface area contributed by atoms with Crippen LogP contribution in [0.4, 0.5) is 5.69 Å². The molecule has 0 spiro atoms. The van der Waals surface area contributed by atoms with Gasteiger partial charge in [0.05, 0.1) is 5.69 Å². The van der Waals surface area contributed by atoms with Crippen LogP contribution < -0.4 is 9.64 Å². The first-order valence-corrected chi connectivity index (χ1v) is 7.23. The Morgan fingerprint density at radius 1 is 1.43 bits per heavy atom. The molecule has 0 aliphatic carbocycles. The molecule has 0 N–H and O–H groups in total. The van der Waals surface area contributed by atoms with E-state index in [-0.39, 0.29) is 11.7 Å². The Morgan fingerprint density at radius 2 is 2.14 bits per heavy atom. The van der Waals surface area contributed by atoms with Gasteiger partial charge in [-0.05, 0) is 38.5 Å². The molecular weight excluding hydrogens is 266 g/mol. The van der Waals surface area contributed by atoms with Gasteiger partial charge < -0.3 is 9.64 Å². The van der Waals surface area contributed by atoms with Crippen LogP contribution >= 0.6 is 0 Å². The molecule has 0 bridgehead atoms. The third-order valence-electron chi connectivity index (χ3n) is 3.39. The van der Waals surface area contributed by atoms with E-state index in [2.05, 4.69) is 6.58 Å². The zero-order valence-corrected chi connectivity index (χ0v) is 12.8. The number of nitrogens with zero attached hydrogens (tertiary/aromatic N) is 1. The van der Waals surface area contributed by atoms with Crippen LogP contribution in [0.15, 0.2) is 30.4 Å². The summed E-state index contributed by atoms with van der Waals surface area (Å²) in [6.07, 6.45) is 0.788. The van der Waals surface area contributed by atoms with Crippen molar-refractivity contribution >= 4 is 17.4 Å². The zero-order valence-electron chi connectivity index (χ0n) is 12.8. The van der Waals surface area contributed by atoms with Crippen molar-refractivity contribution in [1.82, 2.24) is 0 Å². The number of benzene rings is 1. The van der Waals surface area contributed by atoms with Crippen LogP contribution in [-0.2, 0) is 4.79 Å². The molecule has 2 rings (SSSR count). The summed E-state index contributed by atoms with van der Waals surface area (Å²) in [6, 6.07) is 5.28. The Kier molecular flexibility index (Phi) is 4.46. The number of fused-ring (bicyclic) bond motifs is 1. The van der Waals surface area contributed by atoms with Gasteiger partial charge in [0.25, 0.3) is 5.91 Å². The third-order valence-corrected chi connectivity index (χ3v) is 3.39. The van der Waals surface area contributed by atoms with Gasteiger partial charge in [0.2, 0.25) is 0 Å². The van der Waals surface area contributed by atoms with Gasteiger partial charge in [-0.1, -0.05) is 19.1 Å². The molecular formula is C17H21NO3. The van der Waals surface area contributed by atoms with Gasteiger partial charge in [-0.15, -0.1) is 0 Å². The van der Waals surface area contributed by atoms with Crippen molar-refractivity contribution in [2.45, 2.75) is 39.7 Å². The van der Waals surface area contributed by atoms with Crippen molar-refractivity contribution in [3.8, 4) is 5.75 Å². The summed E-state index contributed by atoms with van der Waals surface area (Å²) in [5, 5.41) is 0. The molecule has 1 atom stereocenters. The smallest absolute Gasteiger partial charge is 0.268 e. The van der Waals surface area contributed by atoms with E-state index in [1.54, 1.807) is 30.0 Å². The molecule has 1 aromatic carbocycles. The minimum atomic E-state index is -0.519. The van der Waals surface area contributed by atoms with Gasteiger partial charge in [-0.3, -0.25) is 9.59 Å². The Morgan fingerprint density at radius 3 is 2.76 bits per heavy atom. The molecule has 4 heteroatoms. The minimum Gasteiger partial charge on any atom is -0.479 e. The topological polar surface area (TPSA) is 46.6 Å². The highest BCUT2D eigenvalue weighted by Crippen LogP contribution is 2.35. The molecule has 1 aromatic rings. The van der Waals surface area contributed by atoms with Gasteiger partial charge >= 0.3 is 0 Å². The number of Topliss-reactive ketones (excluding diaryl/α,β-unsaturated/α-hetero) is 1. The number of hydrogen-bond donors (Lipinski definition) is 0. The largest absolute Gasteiger partial charge is 0.479 e. The molecule has 4 nitrogen and oxygen atoms in total. The van der Waals surface area contributed by atoms with Crippen molar-refractivity contribution in [1.29, 1.82) is 0 Å².